The SMILES string of the molecule is Brc1ccccc1C1CC(NC2CC2)C1. The molecule has 3 rings (SSSR count). The number of rotatable bonds is 3. The van der Waals surface area contributed by atoms with Crippen molar-refractivity contribution >= 4 is 15.9 Å². The Labute approximate surface area is 99.4 Å². The third kappa shape index (κ3) is 2.11. The first-order valence-corrected chi connectivity index (χ1v) is 6.62. The average Bonchev–Trinajstić information content (AvgIpc) is 2.96. The second kappa shape index (κ2) is 3.91. The fourth-order valence-electron chi connectivity index (χ4n) is 2.40. The molecule has 1 N–H and O–H groups in total. The lowest BCUT2D eigenvalue weighted by Gasteiger charge is -2.37. The van der Waals surface area contributed by atoms with E-state index < -0.39 is 0 Å². The lowest BCUT2D eigenvalue weighted by Crippen LogP contribution is -2.41. The zero-order chi connectivity index (χ0) is 10.3. The van der Waals surface area contributed by atoms with E-state index >= 15 is 0 Å². The first-order valence-electron chi connectivity index (χ1n) is 5.83. The summed E-state index contributed by atoms with van der Waals surface area (Å²) in [5, 5.41) is 3.69. The van der Waals surface area contributed by atoms with Gasteiger partial charge in [-0.3, -0.25) is 0 Å². The van der Waals surface area contributed by atoms with Gasteiger partial charge in [0.05, 0.1) is 0 Å². The highest BCUT2D eigenvalue weighted by Gasteiger charge is 2.34. The van der Waals surface area contributed by atoms with Crippen LogP contribution in [0.4, 0.5) is 0 Å². The third-order valence-electron chi connectivity index (χ3n) is 3.53. The van der Waals surface area contributed by atoms with Crippen LogP contribution >= 0.6 is 15.9 Å². The molecule has 0 saturated heterocycles. The second-order valence-corrected chi connectivity index (χ2v) is 5.68. The first kappa shape index (κ1) is 9.86. The van der Waals surface area contributed by atoms with Gasteiger partial charge in [-0.15, -0.1) is 0 Å². The van der Waals surface area contributed by atoms with Crippen molar-refractivity contribution in [2.45, 2.75) is 43.7 Å². The van der Waals surface area contributed by atoms with Crippen LogP contribution in [-0.2, 0) is 0 Å². The van der Waals surface area contributed by atoms with Crippen LogP contribution in [0.15, 0.2) is 28.7 Å². The Morgan fingerprint density at radius 2 is 1.80 bits per heavy atom. The molecule has 0 amide bonds. The van der Waals surface area contributed by atoms with Gasteiger partial charge in [-0.25, -0.2) is 0 Å². The summed E-state index contributed by atoms with van der Waals surface area (Å²) >= 11 is 3.63. The zero-order valence-corrected chi connectivity index (χ0v) is 10.3. The molecule has 1 aromatic carbocycles. The van der Waals surface area contributed by atoms with Crippen molar-refractivity contribution in [2.75, 3.05) is 0 Å². The van der Waals surface area contributed by atoms with E-state index in [0.29, 0.717) is 0 Å². The maximum Gasteiger partial charge on any atom is 0.0210 e. The van der Waals surface area contributed by atoms with Crippen LogP contribution in [0.5, 0.6) is 0 Å². The van der Waals surface area contributed by atoms with Gasteiger partial charge < -0.3 is 5.32 Å². The van der Waals surface area contributed by atoms with Gasteiger partial charge in [0.2, 0.25) is 0 Å². The van der Waals surface area contributed by atoms with Crippen LogP contribution in [0.2, 0.25) is 0 Å². The summed E-state index contributed by atoms with van der Waals surface area (Å²) in [6.45, 7) is 0. The van der Waals surface area contributed by atoms with Crippen molar-refractivity contribution in [1.29, 1.82) is 0 Å². The molecule has 1 nitrogen and oxygen atoms in total. The minimum Gasteiger partial charge on any atom is -0.311 e. The largest absolute Gasteiger partial charge is 0.311 e. The maximum absolute atomic E-state index is 3.69. The first-order chi connectivity index (χ1) is 7.33. The Bertz CT molecular complexity index is 353. The van der Waals surface area contributed by atoms with Crippen LogP contribution in [0.1, 0.15) is 37.2 Å². The van der Waals surface area contributed by atoms with Crippen molar-refractivity contribution in [2.24, 2.45) is 0 Å². The van der Waals surface area contributed by atoms with Gasteiger partial charge in [0.15, 0.2) is 0 Å². The number of benzene rings is 1. The molecular weight excluding hydrogens is 250 g/mol. The van der Waals surface area contributed by atoms with Gasteiger partial charge in [0.25, 0.3) is 0 Å². The monoisotopic (exact) mass is 265 g/mol. The highest BCUT2D eigenvalue weighted by molar-refractivity contribution is 9.10. The van der Waals surface area contributed by atoms with Crippen molar-refractivity contribution < 1.29 is 0 Å². The summed E-state index contributed by atoms with van der Waals surface area (Å²) in [4.78, 5) is 0. The van der Waals surface area contributed by atoms with Crippen LogP contribution in [0.25, 0.3) is 0 Å². The summed E-state index contributed by atoms with van der Waals surface area (Å²) < 4.78 is 1.28. The maximum atomic E-state index is 3.69. The molecule has 1 aromatic rings. The van der Waals surface area contributed by atoms with Gasteiger partial charge >= 0.3 is 0 Å². The Balaban J connectivity index is 1.59. The Morgan fingerprint density at radius 3 is 2.47 bits per heavy atom. The summed E-state index contributed by atoms with van der Waals surface area (Å²) in [6.07, 6.45) is 5.44. The van der Waals surface area contributed by atoms with Crippen LogP contribution in [0.3, 0.4) is 0 Å². The fourth-order valence-corrected chi connectivity index (χ4v) is 3.01. The predicted molar refractivity (Wildman–Crippen MR) is 66.1 cm³/mol. The van der Waals surface area contributed by atoms with E-state index in [-0.39, 0.29) is 0 Å². The van der Waals surface area contributed by atoms with Gasteiger partial charge in [0, 0.05) is 16.6 Å². The molecule has 2 fully saturated rings. The Morgan fingerprint density at radius 1 is 1.07 bits per heavy atom. The van der Waals surface area contributed by atoms with Crippen LogP contribution < -0.4 is 5.32 Å². The minimum atomic E-state index is 0.775. The molecule has 2 saturated carbocycles. The fraction of sp³-hybridized carbons (Fsp3) is 0.538. The molecule has 0 atom stereocenters. The summed E-state index contributed by atoms with van der Waals surface area (Å²) in [5.74, 6) is 0.775. The molecule has 0 heterocycles. The predicted octanol–water partition coefficient (Wildman–Crippen LogP) is 3.45. The highest BCUT2D eigenvalue weighted by Crippen LogP contribution is 2.41. The van der Waals surface area contributed by atoms with Crippen LogP contribution in [0, 0.1) is 0 Å². The Hall–Kier alpha value is -0.340. The average molecular weight is 266 g/mol. The van der Waals surface area contributed by atoms with E-state index in [2.05, 4.69) is 45.5 Å². The van der Waals surface area contributed by atoms with Crippen molar-refractivity contribution in [3.63, 3.8) is 0 Å². The number of hydrogen-bond acceptors (Lipinski definition) is 1. The molecule has 2 aliphatic rings. The molecule has 0 radical (unpaired) electrons. The smallest absolute Gasteiger partial charge is 0.0210 e. The molecule has 0 aliphatic heterocycles. The molecule has 0 unspecified atom stereocenters. The Kier molecular flexibility index (Phi) is 2.57. The van der Waals surface area contributed by atoms with Crippen molar-refractivity contribution in [3.05, 3.63) is 34.3 Å². The van der Waals surface area contributed by atoms with E-state index in [1.54, 1.807) is 0 Å². The number of halogens is 1. The second-order valence-electron chi connectivity index (χ2n) is 4.83. The van der Waals surface area contributed by atoms with Gasteiger partial charge in [-0.2, -0.15) is 0 Å². The quantitative estimate of drug-likeness (QED) is 0.883. The van der Waals surface area contributed by atoms with Gasteiger partial charge in [-0.05, 0) is 43.2 Å². The third-order valence-corrected chi connectivity index (χ3v) is 4.25. The lowest BCUT2D eigenvalue weighted by molar-refractivity contribution is 0.288. The zero-order valence-electron chi connectivity index (χ0n) is 8.75. The van der Waals surface area contributed by atoms with E-state index in [4.69, 9.17) is 0 Å². The van der Waals surface area contributed by atoms with Crippen LogP contribution in [-0.4, -0.2) is 12.1 Å². The van der Waals surface area contributed by atoms with E-state index in [1.165, 1.54) is 35.7 Å². The standard InChI is InChI=1S/C13H16BrN/c14-13-4-2-1-3-12(13)9-7-11(8-9)15-10-5-6-10/h1-4,9-11,15H,5-8H2. The normalized spacial score (nSPS) is 29.9. The van der Waals surface area contributed by atoms with Crippen molar-refractivity contribution in [1.82, 2.24) is 5.32 Å². The molecule has 0 spiro atoms. The molecule has 2 heteroatoms. The summed E-state index contributed by atoms with van der Waals surface area (Å²) in [5.41, 5.74) is 1.49. The number of hydrogen-bond donors (Lipinski definition) is 1. The summed E-state index contributed by atoms with van der Waals surface area (Å²) in [6, 6.07) is 10.3. The molecule has 15 heavy (non-hydrogen) atoms. The topological polar surface area (TPSA) is 12.0 Å². The minimum absolute atomic E-state index is 0.775. The lowest BCUT2D eigenvalue weighted by atomic mass is 9.76. The molecule has 0 bridgehead atoms. The van der Waals surface area contributed by atoms with Gasteiger partial charge in [0.1, 0.15) is 0 Å². The summed E-state index contributed by atoms with van der Waals surface area (Å²) in [7, 11) is 0. The van der Waals surface area contributed by atoms with Crippen molar-refractivity contribution in [3.8, 4) is 0 Å². The van der Waals surface area contributed by atoms with Gasteiger partial charge in [-0.1, -0.05) is 34.1 Å². The van der Waals surface area contributed by atoms with E-state index in [9.17, 15) is 0 Å². The molecular formula is C13H16BrN. The number of nitrogens with one attached hydrogen (secondary N) is 1. The molecule has 80 valence electrons. The van der Waals surface area contributed by atoms with E-state index in [0.717, 1.165) is 18.0 Å². The van der Waals surface area contributed by atoms with E-state index in [1.807, 2.05) is 0 Å². The highest BCUT2D eigenvalue weighted by atomic mass is 79.9. The molecule has 0 aromatic heterocycles. The molecule has 2 aliphatic carbocycles.